The van der Waals surface area contributed by atoms with Crippen LogP contribution >= 0.6 is 34.8 Å². The molecule has 0 atom stereocenters. The summed E-state index contributed by atoms with van der Waals surface area (Å²) >= 11 is 17.5. The monoisotopic (exact) mass is 233 g/mol. The van der Waals surface area contributed by atoms with Crippen LogP contribution in [0.4, 0.5) is 0 Å². The molecular formula is C7H2Cl3N3. The van der Waals surface area contributed by atoms with Crippen LogP contribution in [-0.4, -0.2) is 15.4 Å². The summed E-state index contributed by atoms with van der Waals surface area (Å²) in [5, 5.41) is 12.3. The first-order valence-electron chi connectivity index (χ1n) is 3.32. The van der Waals surface area contributed by atoms with E-state index >= 15 is 0 Å². The molecule has 0 bridgehead atoms. The van der Waals surface area contributed by atoms with Crippen molar-refractivity contribution in [2.24, 2.45) is 0 Å². The van der Waals surface area contributed by atoms with E-state index in [-0.39, 0.29) is 5.15 Å². The Labute approximate surface area is 88.6 Å². The molecule has 0 N–H and O–H groups in total. The quantitative estimate of drug-likeness (QED) is 0.703. The topological polar surface area (TPSA) is 38.7 Å². The highest BCUT2D eigenvalue weighted by Gasteiger charge is 2.09. The highest BCUT2D eigenvalue weighted by atomic mass is 35.5. The van der Waals surface area contributed by atoms with E-state index in [1.807, 2.05) is 0 Å². The maximum absolute atomic E-state index is 5.91. The molecule has 13 heavy (non-hydrogen) atoms. The summed E-state index contributed by atoms with van der Waals surface area (Å²) < 4.78 is 0. The Bertz CT molecular complexity index is 472. The van der Waals surface area contributed by atoms with Gasteiger partial charge in [0.1, 0.15) is 0 Å². The number of hydrogen-bond acceptors (Lipinski definition) is 3. The first-order valence-corrected chi connectivity index (χ1v) is 4.46. The molecule has 0 saturated carbocycles. The smallest absolute Gasteiger partial charge is 0.130 e. The number of fused-ring (bicyclic) bond motifs is 1. The largest absolute Gasteiger partial charge is 0.164 e. The molecule has 1 aromatic heterocycles. The van der Waals surface area contributed by atoms with Gasteiger partial charge >= 0.3 is 0 Å². The number of benzene rings is 1. The fourth-order valence-electron chi connectivity index (χ4n) is 0.980. The van der Waals surface area contributed by atoms with Crippen LogP contribution < -0.4 is 0 Å². The van der Waals surface area contributed by atoms with Gasteiger partial charge in [0.15, 0.2) is 5.15 Å². The summed E-state index contributed by atoms with van der Waals surface area (Å²) in [5.41, 5.74) is 0.578. The minimum atomic E-state index is 0.206. The number of aromatic nitrogens is 3. The second-order valence-electron chi connectivity index (χ2n) is 2.34. The second kappa shape index (κ2) is 3.25. The minimum Gasteiger partial charge on any atom is -0.130 e. The Balaban J connectivity index is 2.97. The normalized spacial score (nSPS) is 10.7. The lowest BCUT2D eigenvalue weighted by molar-refractivity contribution is 0.896. The van der Waals surface area contributed by atoms with Gasteiger partial charge in [0.2, 0.25) is 0 Å². The molecule has 3 nitrogen and oxygen atoms in total. The first kappa shape index (κ1) is 8.94. The Kier molecular flexibility index (Phi) is 2.24. The van der Waals surface area contributed by atoms with Gasteiger partial charge in [-0.1, -0.05) is 34.8 Å². The van der Waals surface area contributed by atoms with Crippen molar-refractivity contribution in [3.05, 3.63) is 27.3 Å². The van der Waals surface area contributed by atoms with Gasteiger partial charge in [0.05, 0.1) is 20.9 Å². The summed E-state index contributed by atoms with van der Waals surface area (Å²) in [4.78, 5) is 0. The van der Waals surface area contributed by atoms with Crippen LogP contribution in [-0.2, 0) is 0 Å². The number of nitrogens with zero attached hydrogens (tertiary/aromatic N) is 3. The van der Waals surface area contributed by atoms with Gasteiger partial charge < -0.3 is 0 Å². The van der Waals surface area contributed by atoms with E-state index < -0.39 is 0 Å². The molecular weight excluding hydrogens is 232 g/mol. The average molecular weight is 234 g/mol. The van der Waals surface area contributed by atoms with E-state index in [2.05, 4.69) is 15.4 Å². The van der Waals surface area contributed by atoms with Crippen molar-refractivity contribution in [2.45, 2.75) is 0 Å². The lowest BCUT2D eigenvalue weighted by Gasteiger charge is -2.00. The van der Waals surface area contributed by atoms with E-state index in [1.54, 1.807) is 12.1 Å². The molecule has 66 valence electrons. The molecule has 0 spiro atoms. The van der Waals surface area contributed by atoms with Crippen LogP contribution in [0.15, 0.2) is 12.1 Å². The number of rotatable bonds is 0. The SMILES string of the molecule is Clc1ccc2nnnc(Cl)c2c1Cl. The molecule has 0 aliphatic heterocycles. The molecule has 0 radical (unpaired) electrons. The number of hydrogen-bond donors (Lipinski definition) is 0. The Morgan fingerprint density at radius 3 is 2.54 bits per heavy atom. The van der Waals surface area contributed by atoms with Gasteiger partial charge in [0.25, 0.3) is 0 Å². The van der Waals surface area contributed by atoms with Crippen molar-refractivity contribution in [2.75, 3.05) is 0 Å². The summed E-state index contributed by atoms with van der Waals surface area (Å²) in [6.07, 6.45) is 0. The molecule has 0 aliphatic carbocycles. The first-order chi connectivity index (χ1) is 6.20. The number of halogens is 3. The van der Waals surface area contributed by atoms with Crippen molar-refractivity contribution in [1.82, 2.24) is 15.4 Å². The highest BCUT2D eigenvalue weighted by Crippen LogP contribution is 2.32. The van der Waals surface area contributed by atoms with Crippen molar-refractivity contribution in [3.8, 4) is 0 Å². The summed E-state index contributed by atoms with van der Waals surface area (Å²) in [6.45, 7) is 0. The molecule has 2 rings (SSSR count). The van der Waals surface area contributed by atoms with Gasteiger partial charge in [-0.25, -0.2) is 0 Å². The van der Waals surface area contributed by atoms with Crippen LogP contribution in [0.1, 0.15) is 0 Å². The molecule has 1 heterocycles. The fraction of sp³-hybridized carbons (Fsp3) is 0. The third-order valence-corrected chi connectivity index (χ3v) is 2.63. The Morgan fingerprint density at radius 2 is 1.77 bits per heavy atom. The van der Waals surface area contributed by atoms with Crippen LogP contribution in [0, 0.1) is 0 Å². The third-order valence-electron chi connectivity index (χ3n) is 1.56. The van der Waals surface area contributed by atoms with Gasteiger partial charge in [-0.3, -0.25) is 0 Å². The lowest BCUT2D eigenvalue weighted by Crippen LogP contribution is -1.90. The van der Waals surface area contributed by atoms with E-state index in [0.717, 1.165) is 0 Å². The van der Waals surface area contributed by atoms with E-state index in [0.29, 0.717) is 20.9 Å². The van der Waals surface area contributed by atoms with Crippen LogP contribution in [0.25, 0.3) is 10.9 Å². The van der Waals surface area contributed by atoms with Gasteiger partial charge in [0, 0.05) is 0 Å². The molecule has 1 aromatic carbocycles. The van der Waals surface area contributed by atoms with Crippen molar-refractivity contribution in [3.63, 3.8) is 0 Å². The fourth-order valence-corrected chi connectivity index (χ4v) is 1.66. The molecule has 6 heteroatoms. The average Bonchev–Trinajstić information content (AvgIpc) is 2.12. The summed E-state index contributed by atoms with van der Waals surface area (Å²) in [5.74, 6) is 0. The maximum atomic E-state index is 5.91. The summed E-state index contributed by atoms with van der Waals surface area (Å²) in [6, 6.07) is 3.32. The van der Waals surface area contributed by atoms with Gasteiger partial charge in [-0.15, -0.1) is 10.2 Å². The molecule has 2 aromatic rings. The zero-order chi connectivity index (χ0) is 9.42. The van der Waals surface area contributed by atoms with Crippen LogP contribution in [0.5, 0.6) is 0 Å². The highest BCUT2D eigenvalue weighted by molar-refractivity contribution is 6.47. The third kappa shape index (κ3) is 1.43. The van der Waals surface area contributed by atoms with Gasteiger partial charge in [-0.05, 0) is 17.3 Å². The second-order valence-corrected chi connectivity index (χ2v) is 3.48. The van der Waals surface area contributed by atoms with Gasteiger partial charge in [-0.2, -0.15) is 0 Å². The zero-order valence-corrected chi connectivity index (χ0v) is 8.40. The van der Waals surface area contributed by atoms with E-state index in [4.69, 9.17) is 34.8 Å². The lowest BCUT2D eigenvalue weighted by atomic mass is 10.2. The predicted molar refractivity (Wildman–Crippen MR) is 52.4 cm³/mol. The zero-order valence-electron chi connectivity index (χ0n) is 6.13. The minimum absolute atomic E-state index is 0.206. The molecule has 0 amide bonds. The van der Waals surface area contributed by atoms with Crippen LogP contribution in [0.2, 0.25) is 15.2 Å². The molecule has 0 fully saturated rings. The maximum Gasteiger partial charge on any atom is 0.164 e. The standard InChI is InChI=1S/C7H2Cl3N3/c8-3-1-2-4-5(6(3)9)7(10)12-13-11-4/h1-2H. The van der Waals surface area contributed by atoms with Crippen LogP contribution in [0.3, 0.4) is 0 Å². The Morgan fingerprint density at radius 1 is 1.00 bits per heavy atom. The molecule has 0 aliphatic rings. The molecule has 0 unspecified atom stereocenters. The van der Waals surface area contributed by atoms with Crippen molar-refractivity contribution in [1.29, 1.82) is 0 Å². The van der Waals surface area contributed by atoms with Crippen molar-refractivity contribution >= 4 is 45.7 Å². The van der Waals surface area contributed by atoms with Crippen molar-refractivity contribution < 1.29 is 0 Å². The summed E-state index contributed by atoms with van der Waals surface area (Å²) in [7, 11) is 0. The predicted octanol–water partition coefficient (Wildman–Crippen LogP) is 2.99. The van der Waals surface area contributed by atoms with E-state index in [1.165, 1.54) is 0 Å². The van der Waals surface area contributed by atoms with E-state index in [9.17, 15) is 0 Å². The Hall–Kier alpha value is -0.640. The molecule has 0 saturated heterocycles.